The molecule has 0 spiro atoms. The minimum Gasteiger partial charge on any atom is -0.494 e. The maximum atomic E-state index is 12.4. The molecule has 25 heavy (non-hydrogen) atoms. The fourth-order valence-electron chi connectivity index (χ4n) is 2.72. The predicted molar refractivity (Wildman–Crippen MR) is 100 cm³/mol. The Bertz CT molecular complexity index is 871. The van der Waals surface area contributed by atoms with Crippen molar-refractivity contribution in [2.45, 2.75) is 26.4 Å². The standard InChI is InChI=1S/C21H23NO3/c1-16-20(22-19-12-6-5-11-18(19)21(16)23)15-24-13-7-8-14-25-17-9-3-2-4-10-17/h2-6,9-12H,7-8,13-15H2,1H3,(H,22,23). The molecule has 1 N–H and O–H groups in total. The number of H-pyrrole nitrogens is 1. The van der Waals surface area contributed by atoms with Crippen molar-refractivity contribution in [3.8, 4) is 5.75 Å². The van der Waals surface area contributed by atoms with Gasteiger partial charge in [0.2, 0.25) is 0 Å². The largest absolute Gasteiger partial charge is 0.494 e. The Morgan fingerprint density at radius 1 is 0.920 bits per heavy atom. The maximum Gasteiger partial charge on any atom is 0.192 e. The third-order valence-electron chi connectivity index (χ3n) is 4.19. The summed E-state index contributed by atoms with van der Waals surface area (Å²) in [6.07, 6.45) is 1.85. The van der Waals surface area contributed by atoms with Gasteiger partial charge in [0.25, 0.3) is 0 Å². The van der Waals surface area contributed by atoms with E-state index in [-0.39, 0.29) is 5.43 Å². The van der Waals surface area contributed by atoms with E-state index in [0.29, 0.717) is 19.8 Å². The topological polar surface area (TPSA) is 51.3 Å². The van der Waals surface area contributed by atoms with Crippen molar-refractivity contribution < 1.29 is 9.47 Å². The van der Waals surface area contributed by atoms with Crippen molar-refractivity contribution >= 4 is 10.9 Å². The van der Waals surface area contributed by atoms with Crippen molar-refractivity contribution in [2.24, 2.45) is 0 Å². The number of rotatable bonds is 8. The highest BCUT2D eigenvalue weighted by Crippen LogP contribution is 2.12. The third-order valence-corrected chi connectivity index (χ3v) is 4.19. The number of nitrogens with one attached hydrogen (secondary N) is 1. The number of benzene rings is 2. The molecular formula is C21H23NO3. The predicted octanol–water partition coefficient (Wildman–Crippen LogP) is 4.21. The van der Waals surface area contributed by atoms with E-state index < -0.39 is 0 Å². The number of unbranched alkanes of at least 4 members (excludes halogenated alkanes) is 1. The third kappa shape index (κ3) is 4.48. The number of aromatic nitrogens is 1. The zero-order valence-corrected chi connectivity index (χ0v) is 14.5. The number of aromatic amines is 1. The van der Waals surface area contributed by atoms with E-state index in [9.17, 15) is 4.79 Å². The molecule has 0 unspecified atom stereocenters. The van der Waals surface area contributed by atoms with Crippen LogP contribution in [-0.4, -0.2) is 18.2 Å². The highest BCUT2D eigenvalue weighted by Gasteiger charge is 2.07. The van der Waals surface area contributed by atoms with Crippen molar-refractivity contribution in [3.05, 3.63) is 76.1 Å². The SMILES string of the molecule is Cc1c(COCCCCOc2ccccc2)[nH]c2ccccc2c1=O. The number of para-hydroxylation sites is 2. The quantitative estimate of drug-likeness (QED) is 0.626. The zero-order chi connectivity index (χ0) is 17.5. The van der Waals surface area contributed by atoms with Crippen LogP contribution in [0.5, 0.6) is 5.75 Å². The van der Waals surface area contributed by atoms with E-state index in [1.807, 2.05) is 61.5 Å². The number of hydrogen-bond acceptors (Lipinski definition) is 3. The number of fused-ring (bicyclic) bond motifs is 1. The second-order valence-electron chi connectivity index (χ2n) is 6.02. The molecule has 0 atom stereocenters. The minimum absolute atomic E-state index is 0.0733. The molecule has 0 amide bonds. The molecule has 3 aromatic rings. The molecule has 0 radical (unpaired) electrons. The minimum atomic E-state index is 0.0733. The summed E-state index contributed by atoms with van der Waals surface area (Å²) in [4.78, 5) is 15.7. The smallest absolute Gasteiger partial charge is 0.192 e. The first kappa shape index (κ1) is 17.2. The van der Waals surface area contributed by atoms with Gasteiger partial charge in [-0.3, -0.25) is 4.79 Å². The van der Waals surface area contributed by atoms with E-state index >= 15 is 0 Å². The Balaban J connectivity index is 1.44. The molecule has 4 heteroatoms. The van der Waals surface area contributed by atoms with Gasteiger partial charge >= 0.3 is 0 Å². The van der Waals surface area contributed by atoms with Gasteiger partial charge in [-0.1, -0.05) is 30.3 Å². The van der Waals surface area contributed by atoms with E-state index in [0.717, 1.165) is 40.8 Å². The first-order chi connectivity index (χ1) is 12.3. The van der Waals surface area contributed by atoms with Gasteiger partial charge in [-0.25, -0.2) is 0 Å². The molecule has 130 valence electrons. The van der Waals surface area contributed by atoms with Crippen LogP contribution in [-0.2, 0) is 11.3 Å². The highest BCUT2D eigenvalue weighted by molar-refractivity contribution is 5.79. The summed E-state index contributed by atoms with van der Waals surface area (Å²) in [6, 6.07) is 17.4. The van der Waals surface area contributed by atoms with Gasteiger partial charge in [0, 0.05) is 28.8 Å². The monoisotopic (exact) mass is 337 g/mol. The van der Waals surface area contributed by atoms with Crippen molar-refractivity contribution in [1.29, 1.82) is 0 Å². The van der Waals surface area contributed by atoms with Crippen molar-refractivity contribution in [2.75, 3.05) is 13.2 Å². The van der Waals surface area contributed by atoms with E-state index in [1.54, 1.807) is 0 Å². The van der Waals surface area contributed by atoms with E-state index in [2.05, 4.69) is 4.98 Å². The highest BCUT2D eigenvalue weighted by atomic mass is 16.5. The average molecular weight is 337 g/mol. The lowest BCUT2D eigenvalue weighted by atomic mass is 10.1. The summed E-state index contributed by atoms with van der Waals surface area (Å²) in [7, 11) is 0. The molecule has 0 bridgehead atoms. The van der Waals surface area contributed by atoms with Crippen LogP contribution in [0.2, 0.25) is 0 Å². The lowest BCUT2D eigenvalue weighted by molar-refractivity contribution is 0.111. The van der Waals surface area contributed by atoms with E-state index in [1.165, 1.54) is 0 Å². The average Bonchev–Trinajstić information content (AvgIpc) is 2.65. The summed E-state index contributed by atoms with van der Waals surface area (Å²) in [6.45, 7) is 3.59. The number of pyridine rings is 1. The van der Waals surface area contributed by atoms with E-state index in [4.69, 9.17) is 9.47 Å². The van der Waals surface area contributed by atoms with Gasteiger partial charge in [-0.05, 0) is 44.0 Å². The second kappa shape index (κ2) is 8.49. The van der Waals surface area contributed by atoms with Crippen LogP contribution < -0.4 is 10.2 Å². The Morgan fingerprint density at radius 2 is 1.64 bits per heavy atom. The molecule has 3 rings (SSSR count). The van der Waals surface area contributed by atoms with Gasteiger partial charge in [0.15, 0.2) is 5.43 Å². The molecule has 0 aliphatic carbocycles. The maximum absolute atomic E-state index is 12.4. The summed E-state index contributed by atoms with van der Waals surface area (Å²) in [5.74, 6) is 0.896. The molecule has 1 heterocycles. The van der Waals surface area contributed by atoms with Crippen LogP contribution in [0.4, 0.5) is 0 Å². The zero-order valence-electron chi connectivity index (χ0n) is 14.5. The lowest BCUT2D eigenvalue weighted by Gasteiger charge is -2.10. The molecule has 0 saturated heterocycles. The second-order valence-corrected chi connectivity index (χ2v) is 6.02. The van der Waals surface area contributed by atoms with Gasteiger partial charge in [-0.2, -0.15) is 0 Å². The van der Waals surface area contributed by atoms with Crippen LogP contribution in [0, 0.1) is 6.92 Å². The Hall–Kier alpha value is -2.59. The molecule has 0 aliphatic rings. The fourth-order valence-corrected chi connectivity index (χ4v) is 2.72. The van der Waals surface area contributed by atoms with Gasteiger partial charge < -0.3 is 14.5 Å². The summed E-state index contributed by atoms with van der Waals surface area (Å²) < 4.78 is 11.4. The van der Waals surface area contributed by atoms with Crippen molar-refractivity contribution in [3.63, 3.8) is 0 Å². The summed E-state index contributed by atoms with van der Waals surface area (Å²) >= 11 is 0. The molecule has 0 aliphatic heterocycles. The Labute approximate surface area is 147 Å². The Kier molecular flexibility index (Phi) is 5.86. The molecule has 4 nitrogen and oxygen atoms in total. The molecule has 1 aromatic heterocycles. The van der Waals surface area contributed by atoms with Gasteiger partial charge in [0.05, 0.1) is 13.2 Å². The number of hydrogen-bond donors (Lipinski definition) is 1. The molecular weight excluding hydrogens is 314 g/mol. The molecule has 0 saturated carbocycles. The first-order valence-corrected chi connectivity index (χ1v) is 8.62. The Morgan fingerprint density at radius 3 is 2.48 bits per heavy atom. The summed E-state index contributed by atoms with van der Waals surface area (Å²) in [5.41, 5.74) is 2.51. The first-order valence-electron chi connectivity index (χ1n) is 8.62. The van der Waals surface area contributed by atoms with Crippen molar-refractivity contribution in [1.82, 2.24) is 4.98 Å². The normalized spacial score (nSPS) is 10.9. The van der Waals surface area contributed by atoms with Crippen LogP contribution >= 0.6 is 0 Å². The van der Waals surface area contributed by atoms with Crippen LogP contribution in [0.1, 0.15) is 24.1 Å². The van der Waals surface area contributed by atoms with Crippen LogP contribution in [0.25, 0.3) is 10.9 Å². The molecule has 0 fully saturated rings. The number of ether oxygens (including phenoxy) is 2. The van der Waals surface area contributed by atoms with Crippen LogP contribution in [0.3, 0.4) is 0 Å². The lowest BCUT2D eigenvalue weighted by Crippen LogP contribution is -2.12. The summed E-state index contributed by atoms with van der Waals surface area (Å²) in [5, 5.41) is 0.724. The van der Waals surface area contributed by atoms with Gasteiger partial charge in [-0.15, -0.1) is 0 Å². The van der Waals surface area contributed by atoms with Crippen LogP contribution in [0.15, 0.2) is 59.4 Å². The molecule has 2 aromatic carbocycles. The fraction of sp³-hybridized carbons (Fsp3) is 0.286. The van der Waals surface area contributed by atoms with Gasteiger partial charge in [0.1, 0.15) is 5.75 Å².